The maximum atomic E-state index is 10.9. The SMILES string of the molecule is C=C(CC=C(CCCl)C(=O)O)C(=O)OC. The Hall–Kier alpha value is -1.29. The maximum absolute atomic E-state index is 10.9. The van der Waals surface area contributed by atoms with Crippen molar-refractivity contribution in [3.8, 4) is 0 Å². The standard InChI is InChI=1S/C10H13ClO4/c1-7(10(14)15-2)3-4-8(5-6-11)9(12)13/h4H,1,3,5-6H2,2H3,(H,12,13). The Morgan fingerprint density at radius 3 is 2.53 bits per heavy atom. The number of carboxylic acid groups (broad SMARTS) is 1. The van der Waals surface area contributed by atoms with Crippen molar-refractivity contribution in [1.82, 2.24) is 0 Å². The number of alkyl halides is 1. The molecule has 0 aromatic rings. The summed E-state index contributed by atoms with van der Waals surface area (Å²) >= 11 is 5.43. The summed E-state index contributed by atoms with van der Waals surface area (Å²) in [6, 6.07) is 0. The van der Waals surface area contributed by atoms with Crippen LogP contribution < -0.4 is 0 Å². The number of carbonyl (C=O) groups is 2. The molecule has 4 nitrogen and oxygen atoms in total. The van der Waals surface area contributed by atoms with Gasteiger partial charge in [0, 0.05) is 17.0 Å². The number of halogens is 1. The molecule has 0 unspecified atom stereocenters. The van der Waals surface area contributed by atoms with E-state index in [9.17, 15) is 9.59 Å². The quantitative estimate of drug-likeness (QED) is 0.431. The van der Waals surface area contributed by atoms with Gasteiger partial charge < -0.3 is 9.84 Å². The predicted molar refractivity (Wildman–Crippen MR) is 56.8 cm³/mol. The van der Waals surface area contributed by atoms with E-state index in [1.807, 2.05) is 0 Å². The Bertz CT molecular complexity index is 294. The Labute approximate surface area is 93.2 Å². The summed E-state index contributed by atoms with van der Waals surface area (Å²) in [4.78, 5) is 21.6. The molecule has 0 spiro atoms. The first-order chi connectivity index (χ1) is 7.02. The third-order valence-corrected chi connectivity index (χ3v) is 1.90. The number of aliphatic carboxylic acids is 1. The fraction of sp³-hybridized carbons (Fsp3) is 0.400. The van der Waals surface area contributed by atoms with Gasteiger partial charge in [-0.2, -0.15) is 0 Å². The van der Waals surface area contributed by atoms with E-state index in [2.05, 4.69) is 11.3 Å². The second-order valence-electron chi connectivity index (χ2n) is 2.77. The van der Waals surface area contributed by atoms with Crippen molar-refractivity contribution in [1.29, 1.82) is 0 Å². The molecule has 0 rings (SSSR count). The number of hydrogen-bond donors (Lipinski definition) is 1. The average molecular weight is 233 g/mol. The van der Waals surface area contributed by atoms with Gasteiger partial charge in [0.2, 0.25) is 0 Å². The summed E-state index contributed by atoms with van der Waals surface area (Å²) in [7, 11) is 1.24. The molecule has 0 amide bonds. The highest BCUT2D eigenvalue weighted by Crippen LogP contribution is 2.09. The van der Waals surface area contributed by atoms with Crippen molar-refractivity contribution in [2.75, 3.05) is 13.0 Å². The summed E-state index contributed by atoms with van der Waals surface area (Å²) in [6.07, 6.45) is 1.83. The Balaban J connectivity index is 4.39. The monoisotopic (exact) mass is 232 g/mol. The zero-order valence-corrected chi connectivity index (χ0v) is 9.21. The fourth-order valence-corrected chi connectivity index (χ4v) is 1.08. The van der Waals surface area contributed by atoms with Gasteiger partial charge in [0.15, 0.2) is 0 Å². The first-order valence-electron chi connectivity index (χ1n) is 4.27. The number of carbonyl (C=O) groups excluding carboxylic acids is 1. The molecule has 0 aromatic carbocycles. The molecule has 0 atom stereocenters. The van der Waals surface area contributed by atoms with Gasteiger partial charge in [-0.15, -0.1) is 11.6 Å². The third kappa shape index (κ3) is 5.22. The number of rotatable bonds is 6. The zero-order chi connectivity index (χ0) is 11.8. The Morgan fingerprint density at radius 2 is 2.13 bits per heavy atom. The van der Waals surface area contributed by atoms with Crippen LogP contribution in [0.1, 0.15) is 12.8 Å². The minimum atomic E-state index is -1.03. The first-order valence-corrected chi connectivity index (χ1v) is 4.80. The number of esters is 1. The molecule has 15 heavy (non-hydrogen) atoms. The molecule has 0 bridgehead atoms. The molecule has 84 valence electrons. The van der Waals surface area contributed by atoms with Gasteiger partial charge in [0.25, 0.3) is 0 Å². The first kappa shape index (κ1) is 13.7. The molecule has 0 saturated heterocycles. The Morgan fingerprint density at radius 1 is 1.53 bits per heavy atom. The smallest absolute Gasteiger partial charge is 0.333 e. The van der Waals surface area contributed by atoms with E-state index in [0.717, 1.165) is 0 Å². The van der Waals surface area contributed by atoms with Gasteiger partial charge in [0.1, 0.15) is 0 Å². The van der Waals surface area contributed by atoms with E-state index in [1.54, 1.807) is 0 Å². The van der Waals surface area contributed by atoms with Crippen LogP contribution in [0.4, 0.5) is 0 Å². The minimum Gasteiger partial charge on any atom is -0.478 e. The number of hydrogen-bond acceptors (Lipinski definition) is 3. The highest BCUT2D eigenvalue weighted by molar-refractivity contribution is 6.18. The van der Waals surface area contributed by atoms with Crippen molar-refractivity contribution < 1.29 is 19.4 Å². The second kappa shape index (κ2) is 7.06. The number of ether oxygens (including phenoxy) is 1. The van der Waals surface area contributed by atoms with Crippen molar-refractivity contribution >= 4 is 23.5 Å². The van der Waals surface area contributed by atoms with Crippen LogP contribution in [0.3, 0.4) is 0 Å². The molecule has 0 aliphatic rings. The molecular formula is C10H13ClO4. The molecule has 1 N–H and O–H groups in total. The summed E-state index contributed by atoms with van der Waals surface area (Å²) in [5.41, 5.74) is 0.390. The van der Waals surface area contributed by atoms with Crippen LogP contribution in [0, 0.1) is 0 Å². The number of allylic oxidation sites excluding steroid dienone is 1. The lowest BCUT2D eigenvalue weighted by Crippen LogP contribution is -2.05. The van der Waals surface area contributed by atoms with Gasteiger partial charge in [-0.3, -0.25) is 0 Å². The van der Waals surface area contributed by atoms with Gasteiger partial charge in [0.05, 0.1) is 7.11 Å². The van der Waals surface area contributed by atoms with Crippen LogP contribution in [-0.4, -0.2) is 30.0 Å². The highest BCUT2D eigenvalue weighted by atomic mass is 35.5. The number of methoxy groups -OCH3 is 1. The summed E-state index contributed by atoms with van der Waals surface area (Å²) in [6.45, 7) is 3.47. The average Bonchev–Trinajstić information content (AvgIpc) is 2.21. The van der Waals surface area contributed by atoms with Crippen LogP contribution in [0.25, 0.3) is 0 Å². The molecule has 0 heterocycles. The summed E-state index contributed by atoms with van der Waals surface area (Å²) in [5.74, 6) is -1.35. The lowest BCUT2D eigenvalue weighted by molar-refractivity contribution is -0.136. The minimum absolute atomic E-state index is 0.158. The van der Waals surface area contributed by atoms with Crippen molar-refractivity contribution in [2.24, 2.45) is 0 Å². The van der Waals surface area contributed by atoms with Crippen LogP contribution in [-0.2, 0) is 14.3 Å². The van der Waals surface area contributed by atoms with Crippen molar-refractivity contribution in [3.63, 3.8) is 0 Å². The van der Waals surface area contributed by atoms with E-state index >= 15 is 0 Å². The van der Waals surface area contributed by atoms with Crippen molar-refractivity contribution in [2.45, 2.75) is 12.8 Å². The second-order valence-corrected chi connectivity index (χ2v) is 3.15. The molecule has 0 fully saturated rings. The molecule has 0 aliphatic heterocycles. The molecule has 0 saturated carbocycles. The Kier molecular flexibility index (Phi) is 6.45. The van der Waals surface area contributed by atoms with E-state index in [4.69, 9.17) is 16.7 Å². The van der Waals surface area contributed by atoms with E-state index < -0.39 is 11.9 Å². The van der Waals surface area contributed by atoms with Gasteiger partial charge in [-0.1, -0.05) is 12.7 Å². The zero-order valence-electron chi connectivity index (χ0n) is 8.46. The normalized spacial score (nSPS) is 10.9. The topological polar surface area (TPSA) is 63.6 Å². The lowest BCUT2D eigenvalue weighted by Gasteiger charge is -2.01. The van der Waals surface area contributed by atoms with Gasteiger partial charge >= 0.3 is 11.9 Å². The summed E-state index contributed by atoms with van der Waals surface area (Å²) in [5, 5.41) is 8.74. The molecule has 5 heteroatoms. The maximum Gasteiger partial charge on any atom is 0.333 e. The van der Waals surface area contributed by atoms with Crippen LogP contribution in [0.5, 0.6) is 0 Å². The van der Waals surface area contributed by atoms with Crippen molar-refractivity contribution in [3.05, 3.63) is 23.8 Å². The van der Waals surface area contributed by atoms with Gasteiger partial charge in [-0.05, 0) is 12.8 Å². The summed E-state index contributed by atoms with van der Waals surface area (Å²) < 4.78 is 4.42. The van der Waals surface area contributed by atoms with Crippen LogP contribution >= 0.6 is 11.6 Å². The highest BCUT2D eigenvalue weighted by Gasteiger charge is 2.09. The molecule has 0 radical (unpaired) electrons. The fourth-order valence-electron chi connectivity index (χ4n) is 0.872. The van der Waals surface area contributed by atoms with Crippen LogP contribution in [0.15, 0.2) is 23.8 Å². The number of carboxylic acids is 1. The third-order valence-electron chi connectivity index (χ3n) is 1.71. The predicted octanol–water partition coefficient (Wildman–Crippen LogP) is 1.75. The molecular weight excluding hydrogens is 220 g/mol. The van der Waals surface area contributed by atoms with E-state index in [1.165, 1.54) is 13.2 Å². The van der Waals surface area contributed by atoms with E-state index in [0.29, 0.717) is 0 Å². The van der Waals surface area contributed by atoms with Gasteiger partial charge in [-0.25, -0.2) is 9.59 Å². The largest absolute Gasteiger partial charge is 0.478 e. The van der Waals surface area contributed by atoms with E-state index in [-0.39, 0.29) is 29.9 Å². The van der Waals surface area contributed by atoms with Crippen LogP contribution in [0.2, 0.25) is 0 Å². The molecule has 0 aliphatic carbocycles. The lowest BCUT2D eigenvalue weighted by atomic mass is 10.1. The molecule has 0 aromatic heterocycles.